The SMILES string of the molecule is Nc1ccc(F)c(S(=O)(=O)N(CC(F)(F)F)C2CC2)c1. The highest BCUT2D eigenvalue weighted by Gasteiger charge is 2.45. The lowest BCUT2D eigenvalue weighted by molar-refractivity contribution is -0.137. The van der Waals surface area contributed by atoms with Crippen LogP contribution in [-0.2, 0) is 10.0 Å². The molecule has 1 aromatic rings. The highest BCUT2D eigenvalue weighted by molar-refractivity contribution is 7.89. The number of benzene rings is 1. The standard InChI is InChI=1S/C11H12F4N2O2S/c12-9-4-1-7(16)5-10(9)20(18,19)17(8-2-3-8)6-11(13,14)15/h1,4-5,8H,2-3,6,16H2. The van der Waals surface area contributed by atoms with E-state index in [1.807, 2.05) is 0 Å². The Balaban J connectivity index is 2.43. The van der Waals surface area contributed by atoms with Crippen molar-refractivity contribution < 1.29 is 26.0 Å². The Morgan fingerprint density at radius 2 is 1.90 bits per heavy atom. The van der Waals surface area contributed by atoms with Crippen molar-refractivity contribution in [1.29, 1.82) is 0 Å². The number of sulfonamides is 1. The van der Waals surface area contributed by atoms with E-state index in [4.69, 9.17) is 5.73 Å². The molecule has 112 valence electrons. The van der Waals surface area contributed by atoms with Crippen molar-refractivity contribution in [3.05, 3.63) is 24.0 Å². The van der Waals surface area contributed by atoms with E-state index >= 15 is 0 Å². The quantitative estimate of drug-likeness (QED) is 0.684. The Morgan fingerprint density at radius 3 is 2.40 bits per heavy atom. The molecule has 1 aliphatic rings. The molecule has 2 N–H and O–H groups in total. The second-order valence-corrected chi connectivity index (χ2v) is 6.45. The van der Waals surface area contributed by atoms with Crippen LogP contribution in [0.1, 0.15) is 12.8 Å². The first-order valence-corrected chi connectivity index (χ1v) is 7.19. The molecule has 0 bridgehead atoms. The predicted molar refractivity (Wildman–Crippen MR) is 63.8 cm³/mol. The monoisotopic (exact) mass is 312 g/mol. The van der Waals surface area contributed by atoms with Crippen molar-refractivity contribution >= 4 is 15.7 Å². The molecule has 9 heteroatoms. The molecule has 0 atom stereocenters. The topological polar surface area (TPSA) is 63.4 Å². The lowest BCUT2D eigenvalue weighted by Crippen LogP contribution is -2.40. The van der Waals surface area contributed by atoms with Gasteiger partial charge in [-0.3, -0.25) is 0 Å². The maximum atomic E-state index is 13.6. The van der Waals surface area contributed by atoms with E-state index in [1.165, 1.54) is 0 Å². The summed E-state index contributed by atoms with van der Waals surface area (Å²) < 4.78 is 75.8. The average Bonchev–Trinajstić information content (AvgIpc) is 3.12. The predicted octanol–water partition coefficient (Wildman–Crippen LogP) is 2.12. The summed E-state index contributed by atoms with van der Waals surface area (Å²) in [5, 5.41) is 0. The maximum Gasteiger partial charge on any atom is 0.402 e. The number of hydrogen-bond acceptors (Lipinski definition) is 3. The van der Waals surface area contributed by atoms with Gasteiger partial charge in [0, 0.05) is 11.7 Å². The van der Waals surface area contributed by atoms with Crippen LogP contribution >= 0.6 is 0 Å². The van der Waals surface area contributed by atoms with E-state index in [-0.39, 0.29) is 5.69 Å². The van der Waals surface area contributed by atoms with Gasteiger partial charge in [-0.1, -0.05) is 0 Å². The van der Waals surface area contributed by atoms with Gasteiger partial charge >= 0.3 is 6.18 Å². The van der Waals surface area contributed by atoms with Gasteiger partial charge in [-0.05, 0) is 31.0 Å². The number of alkyl halides is 3. The van der Waals surface area contributed by atoms with Crippen molar-refractivity contribution in [2.75, 3.05) is 12.3 Å². The largest absolute Gasteiger partial charge is 0.402 e. The molecule has 1 saturated carbocycles. The number of nitrogen functional groups attached to an aromatic ring is 1. The number of halogens is 4. The molecular weight excluding hydrogens is 300 g/mol. The van der Waals surface area contributed by atoms with Crippen LogP contribution in [0.3, 0.4) is 0 Å². The van der Waals surface area contributed by atoms with Gasteiger partial charge in [0.2, 0.25) is 10.0 Å². The number of nitrogens with zero attached hydrogens (tertiary/aromatic N) is 1. The number of nitrogens with two attached hydrogens (primary N) is 1. The summed E-state index contributed by atoms with van der Waals surface area (Å²) in [6.07, 6.45) is -4.02. The Bertz CT molecular complexity index is 611. The van der Waals surface area contributed by atoms with Crippen LogP contribution in [0, 0.1) is 5.82 Å². The number of hydrogen-bond donors (Lipinski definition) is 1. The van der Waals surface area contributed by atoms with Gasteiger partial charge in [0.1, 0.15) is 17.3 Å². The fourth-order valence-electron chi connectivity index (χ4n) is 1.79. The average molecular weight is 312 g/mol. The summed E-state index contributed by atoms with van der Waals surface area (Å²) in [6.45, 7) is -1.63. The van der Waals surface area contributed by atoms with Gasteiger partial charge in [-0.15, -0.1) is 0 Å². The van der Waals surface area contributed by atoms with Crippen LogP contribution in [0.15, 0.2) is 23.1 Å². The molecule has 4 nitrogen and oxygen atoms in total. The molecular formula is C11H12F4N2O2S. The molecule has 1 fully saturated rings. The highest BCUT2D eigenvalue weighted by atomic mass is 32.2. The van der Waals surface area contributed by atoms with E-state index < -0.39 is 39.5 Å². The van der Waals surface area contributed by atoms with Gasteiger partial charge in [0.15, 0.2) is 0 Å². The highest BCUT2D eigenvalue weighted by Crippen LogP contribution is 2.35. The van der Waals surface area contributed by atoms with Crippen LogP contribution in [-0.4, -0.2) is 31.5 Å². The van der Waals surface area contributed by atoms with Gasteiger partial charge in [0.05, 0.1) is 0 Å². The molecule has 0 aromatic heterocycles. The molecule has 2 rings (SSSR count). The third-order valence-corrected chi connectivity index (χ3v) is 4.74. The minimum atomic E-state index is -4.69. The van der Waals surface area contributed by atoms with Crippen LogP contribution in [0.5, 0.6) is 0 Å². The van der Waals surface area contributed by atoms with Gasteiger partial charge in [0.25, 0.3) is 0 Å². The van der Waals surface area contributed by atoms with Crippen molar-refractivity contribution in [3.63, 3.8) is 0 Å². The molecule has 0 amide bonds. The Kier molecular flexibility index (Phi) is 3.67. The first-order chi connectivity index (χ1) is 9.11. The van der Waals surface area contributed by atoms with E-state index in [9.17, 15) is 26.0 Å². The smallest absolute Gasteiger partial charge is 0.399 e. The maximum absolute atomic E-state index is 13.6. The normalized spacial score (nSPS) is 16.6. The van der Waals surface area contributed by atoms with Gasteiger partial charge in [-0.2, -0.15) is 17.5 Å². The molecule has 1 aliphatic carbocycles. The molecule has 1 aromatic carbocycles. The molecule has 0 unspecified atom stereocenters. The minimum absolute atomic E-state index is 0.0345. The van der Waals surface area contributed by atoms with Crippen molar-refractivity contribution in [1.82, 2.24) is 4.31 Å². The Hall–Kier alpha value is -1.35. The summed E-state index contributed by atoms with van der Waals surface area (Å²) in [5.41, 5.74) is 5.34. The van der Waals surface area contributed by atoms with Crippen molar-refractivity contribution in [2.24, 2.45) is 0 Å². The summed E-state index contributed by atoms with van der Waals surface area (Å²) in [6, 6.07) is 2.05. The zero-order valence-corrected chi connectivity index (χ0v) is 11.0. The van der Waals surface area contributed by atoms with Crippen molar-refractivity contribution in [2.45, 2.75) is 30.0 Å². The molecule has 0 saturated heterocycles. The van der Waals surface area contributed by atoms with Gasteiger partial charge < -0.3 is 5.73 Å². The summed E-state index contributed by atoms with van der Waals surface area (Å²) >= 11 is 0. The molecule has 0 radical (unpaired) electrons. The fourth-order valence-corrected chi connectivity index (χ4v) is 3.57. The fraction of sp³-hybridized carbons (Fsp3) is 0.455. The molecule has 0 heterocycles. The summed E-state index contributed by atoms with van der Waals surface area (Å²) in [7, 11) is -4.57. The van der Waals surface area contributed by atoms with Crippen molar-refractivity contribution in [3.8, 4) is 0 Å². The zero-order chi connectivity index (χ0) is 15.1. The zero-order valence-electron chi connectivity index (χ0n) is 10.2. The van der Waals surface area contributed by atoms with Crippen LogP contribution in [0.2, 0.25) is 0 Å². The minimum Gasteiger partial charge on any atom is -0.399 e. The van der Waals surface area contributed by atoms with E-state index in [0.717, 1.165) is 18.2 Å². The Labute approximate surface area is 113 Å². The number of rotatable bonds is 4. The lowest BCUT2D eigenvalue weighted by atomic mass is 10.3. The number of anilines is 1. The Morgan fingerprint density at radius 1 is 1.30 bits per heavy atom. The first kappa shape index (κ1) is 15.0. The summed E-state index contributed by atoms with van der Waals surface area (Å²) in [5.74, 6) is -1.12. The molecule has 0 aliphatic heterocycles. The van der Waals surface area contributed by atoms with E-state index in [1.54, 1.807) is 0 Å². The van der Waals surface area contributed by atoms with E-state index in [0.29, 0.717) is 17.1 Å². The second-order valence-electron chi connectivity index (χ2n) is 4.59. The second kappa shape index (κ2) is 4.88. The molecule has 20 heavy (non-hydrogen) atoms. The van der Waals surface area contributed by atoms with E-state index in [2.05, 4.69) is 0 Å². The lowest BCUT2D eigenvalue weighted by Gasteiger charge is -2.23. The van der Waals surface area contributed by atoms with Crippen LogP contribution in [0.4, 0.5) is 23.2 Å². The van der Waals surface area contributed by atoms with Crippen LogP contribution in [0.25, 0.3) is 0 Å². The van der Waals surface area contributed by atoms with Gasteiger partial charge in [-0.25, -0.2) is 12.8 Å². The molecule has 0 spiro atoms. The third kappa shape index (κ3) is 3.21. The summed E-state index contributed by atoms with van der Waals surface area (Å²) in [4.78, 5) is -0.825. The third-order valence-electron chi connectivity index (χ3n) is 2.83. The van der Waals surface area contributed by atoms with Crippen LogP contribution < -0.4 is 5.73 Å². The first-order valence-electron chi connectivity index (χ1n) is 5.75.